The van der Waals surface area contributed by atoms with Gasteiger partial charge in [-0.1, -0.05) is 139 Å². The highest BCUT2D eigenvalue weighted by atomic mass is 31.2. The molecule has 308 valence electrons. The second-order valence-corrected chi connectivity index (χ2v) is 15.1. The molecule has 0 aliphatic heterocycles. The molecule has 0 radical (unpaired) electrons. The van der Waals surface area contributed by atoms with Crippen LogP contribution >= 0.6 is 7.82 Å². The molecule has 0 heterocycles. The smallest absolute Gasteiger partial charge is 0.457 e. The zero-order chi connectivity index (χ0) is 38.9. The maximum atomic E-state index is 12.6. The Balaban J connectivity index is 4.27. The summed E-state index contributed by atoms with van der Waals surface area (Å²) in [7, 11) is -4.53. The minimum atomic E-state index is -4.53. The van der Waals surface area contributed by atoms with Crippen molar-refractivity contribution in [1.82, 2.24) is 0 Å². The Morgan fingerprint density at radius 2 is 1.08 bits per heavy atom. The van der Waals surface area contributed by atoms with Crippen molar-refractivity contribution in [2.75, 3.05) is 33.0 Å². The van der Waals surface area contributed by atoms with Gasteiger partial charge < -0.3 is 24.6 Å². The van der Waals surface area contributed by atoms with Crippen molar-refractivity contribution >= 4 is 13.8 Å². The zero-order valence-corrected chi connectivity index (χ0v) is 34.4. The van der Waals surface area contributed by atoms with Gasteiger partial charge in [-0.05, 0) is 77.0 Å². The lowest BCUT2D eigenvalue weighted by Crippen LogP contribution is -2.29. The van der Waals surface area contributed by atoms with Gasteiger partial charge in [0.05, 0.1) is 26.4 Å². The number of rotatable bonds is 39. The van der Waals surface area contributed by atoms with E-state index in [9.17, 15) is 19.4 Å². The van der Waals surface area contributed by atoms with E-state index in [2.05, 4.69) is 74.6 Å². The summed E-state index contributed by atoms with van der Waals surface area (Å²) >= 11 is 0. The lowest BCUT2D eigenvalue weighted by Gasteiger charge is -2.20. The Labute approximate surface area is 323 Å². The van der Waals surface area contributed by atoms with Crippen LogP contribution in [0.15, 0.2) is 60.8 Å². The predicted molar refractivity (Wildman–Crippen MR) is 219 cm³/mol. The van der Waals surface area contributed by atoms with Crippen molar-refractivity contribution in [3.05, 3.63) is 60.8 Å². The van der Waals surface area contributed by atoms with Crippen LogP contribution in [0, 0.1) is 0 Å². The van der Waals surface area contributed by atoms with Crippen molar-refractivity contribution in [2.45, 2.75) is 174 Å². The van der Waals surface area contributed by atoms with Gasteiger partial charge in [0.2, 0.25) is 0 Å². The Bertz CT molecular complexity index is 1010. The first kappa shape index (κ1) is 51.2. The third kappa shape index (κ3) is 39.7. The van der Waals surface area contributed by atoms with E-state index < -0.39 is 45.8 Å². The molecule has 0 aliphatic rings. The number of hydrogen-bond donors (Lipinski definition) is 3. The standard InChI is InChI=1S/C43H77O9P/c1-3-5-7-9-11-13-15-17-19-20-21-23-25-27-29-31-33-35-43(46)52-42(40-51-53(47,48)50-38-41(45)37-44)39-49-36-34-32-30-28-26-24-22-18-16-14-12-10-8-6-4-2/h5,7,11,13,16-19,21,23,41-42,44-45H,3-4,6,8-10,12,14-15,20,22,24-40H2,1-2H3,(H,47,48)/b7-5-,13-11-,18-16-,19-17-,23-21-. The summed E-state index contributed by atoms with van der Waals surface area (Å²) in [5.41, 5.74) is 0. The van der Waals surface area contributed by atoms with Gasteiger partial charge in [0.1, 0.15) is 12.2 Å². The quantitative estimate of drug-likeness (QED) is 0.0242. The average Bonchev–Trinajstić information content (AvgIpc) is 3.15. The van der Waals surface area contributed by atoms with Crippen molar-refractivity contribution in [3.8, 4) is 0 Å². The molecule has 53 heavy (non-hydrogen) atoms. The fraction of sp³-hybridized carbons (Fsp3) is 0.744. The van der Waals surface area contributed by atoms with Crippen molar-refractivity contribution in [2.24, 2.45) is 0 Å². The van der Waals surface area contributed by atoms with Crippen molar-refractivity contribution in [1.29, 1.82) is 0 Å². The number of allylic oxidation sites excluding steroid dienone is 10. The predicted octanol–water partition coefficient (Wildman–Crippen LogP) is 11.2. The van der Waals surface area contributed by atoms with E-state index in [1.54, 1.807) is 0 Å². The number of unbranched alkanes of at least 4 members (excludes halogenated alkanes) is 15. The number of phosphoric ester groups is 1. The first-order valence-corrected chi connectivity index (χ1v) is 22.3. The summed E-state index contributed by atoms with van der Waals surface area (Å²) in [4.78, 5) is 22.5. The van der Waals surface area contributed by atoms with Crippen LogP contribution in [-0.2, 0) is 27.9 Å². The molecule has 0 aromatic heterocycles. The summed E-state index contributed by atoms with van der Waals surface area (Å²) in [5.74, 6) is -0.410. The fourth-order valence-electron chi connectivity index (χ4n) is 5.28. The molecule has 10 heteroatoms. The highest BCUT2D eigenvalue weighted by Crippen LogP contribution is 2.43. The number of hydrogen-bond acceptors (Lipinski definition) is 8. The minimum absolute atomic E-state index is 0.0326. The lowest BCUT2D eigenvalue weighted by atomic mass is 10.1. The molecule has 0 bridgehead atoms. The third-order valence-corrected chi connectivity index (χ3v) is 9.39. The Kier molecular flexibility index (Phi) is 38.5. The fourth-order valence-corrected chi connectivity index (χ4v) is 6.07. The minimum Gasteiger partial charge on any atom is -0.457 e. The second-order valence-electron chi connectivity index (χ2n) is 13.6. The van der Waals surface area contributed by atoms with Crippen LogP contribution in [0.5, 0.6) is 0 Å². The van der Waals surface area contributed by atoms with Crippen LogP contribution in [-0.4, -0.2) is 66.3 Å². The molecule has 0 fully saturated rings. The molecule has 0 spiro atoms. The molecule has 0 aromatic carbocycles. The van der Waals surface area contributed by atoms with Crippen LogP contribution in [0.1, 0.15) is 162 Å². The van der Waals surface area contributed by atoms with Gasteiger partial charge in [0, 0.05) is 13.0 Å². The van der Waals surface area contributed by atoms with Crippen LogP contribution in [0.2, 0.25) is 0 Å². The SMILES string of the molecule is CC/C=C\C/C=C\C/C=C\C/C=C\CCCCCCC(=O)OC(COCCCCCCCC/C=C\CCCCCCC)COP(=O)(O)OCC(O)CO. The van der Waals surface area contributed by atoms with Crippen molar-refractivity contribution in [3.63, 3.8) is 0 Å². The molecule has 0 saturated heterocycles. The molecule has 0 saturated carbocycles. The summed E-state index contributed by atoms with van der Waals surface area (Å²) in [6, 6.07) is 0. The molecular weight excluding hydrogens is 691 g/mol. The van der Waals surface area contributed by atoms with Gasteiger partial charge in [-0.2, -0.15) is 0 Å². The first-order chi connectivity index (χ1) is 25.8. The van der Waals surface area contributed by atoms with Gasteiger partial charge in [0.15, 0.2) is 0 Å². The monoisotopic (exact) mass is 769 g/mol. The number of carbonyl (C=O) groups excluding carboxylic acids is 1. The van der Waals surface area contributed by atoms with Gasteiger partial charge in [-0.25, -0.2) is 4.57 Å². The largest absolute Gasteiger partial charge is 0.472 e. The van der Waals surface area contributed by atoms with E-state index in [1.165, 1.54) is 57.8 Å². The van der Waals surface area contributed by atoms with Crippen LogP contribution in [0.3, 0.4) is 0 Å². The summed E-state index contributed by atoms with van der Waals surface area (Å²) in [5, 5.41) is 18.3. The van der Waals surface area contributed by atoms with E-state index >= 15 is 0 Å². The normalized spacial score (nSPS) is 14.7. The average molecular weight is 769 g/mol. The summed E-state index contributed by atoms with van der Waals surface area (Å²) in [6.45, 7) is 3.33. The molecular formula is C43H77O9P. The molecule has 0 rings (SSSR count). The molecule has 9 nitrogen and oxygen atoms in total. The molecule has 0 aliphatic carbocycles. The highest BCUT2D eigenvalue weighted by molar-refractivity contribution is 7.47. The van der Waals surface area contributed by atoms with E-state index in [1.807, 2.05) is 0 Å². The summed E-state index contributed by atoms with van der Waals surface area (Å²) < 4.78 is 33.3. The van der Waals surface area contributed by atoms with Gasteiger partial charge >= 0.3 is 13.8 Å². The molecule has 0 amide bonds. The lowest BCUT2D eigenvalue weighted by molar-refractivity contribution is -0.154. The van der Waals surface area contributed by atoms with E-state index in [0.717, 1.165) is 77.0 Å². The van der Waals surface area contributed by atoms with E-state index in [4.69, 9.17) is 23.6 Å². The number of aliphatic hydroxyl groups is 2. The maximum Gasteiger partial charge on any atom is 0.472 e. The number of ether oxygens (including phenoxy) is 2. The number of aliphatic hydroxyl groups excluding tert-OH is 2. The molecule has 3 N–H and O–H groups in total. The van der Waals surface area contributed by atoms with Crippen LogP contribution in [0.4, 0.5) is 0 Å². The molecule has 0 aromatic rings. The van der Waals surface area contributed by atoms with Gasteiger partial charge in [-0.3, -0.25) is 13.8 Å². The van der Waals surface area contributed by atoms with E-state index in [-0.39, 0.29) is 13.0 Å². The van der Waals surface area contributed by atoms with Crippen LogP contribution in [0.25, 0.3) is 0 Å². The number of phosphoric acid groups is 1. The second kappa shape index (κ2) is 39.8. The summed E-state index contributed by atoms with van der Waals surface area (Å²) in [6.07, 6.45) is 44.6. The molecule has 3 unspecified atom stereocenters. The van der Waals surface area contributed by atoms with Crippen LogP contribution < -0.4 is 0 Å². The van der Waals surface area contributed by atoms with Crippen molar-refractivity contribution < 1.29 is 43.0 Å². The third-order valence-electron chi connectivity index (χ3n) is 8.44. The first-order valence-electron chi connectivity index (χ1n) is 20.8. The van der Waals surface area contributed by atoms with Gasteiger partial charge in [-0.15, -0.1) is 0 Å². The maximum absolute atomic E-state index is 12.6. The Hall–Kier alpha value is -1.84. The molecule has 3 atom stereocenters. The Morgan fingerprint density at radius 3 is 1.64 bits per heavy atom. The number of esters is 1. The van der Waals surface area contributed by atoms with Gasteiger partial charge in [0.25, 0.3) is 0 Å². The topological polar surface area (TPSA) is 132 Å². The number of carbonyl (C=O) groups is 1. The van der Waals surface area contributed by atoms with E-state index in [0.29, 0.717) is 13.0 Å². The highest BCUT2D eigenvalue weighted by Gasteiger charge is 2.26. The Morgan fingerprint density at radius 1 is 0.604 bits per heavy atom. The zero-order valence-electron chi connectivity index (χ0n) is 33.5.